The molecule has 6 nitrogen and oxygen atoms in total. The minimum absolute atomic E-state index is 0.188. The third-order valence-corrected chi connectivity index (χ3v) is 3.84. The summed E-state index contributed by atoms with van der Waals surface area (Å²) in [7, 11) is 0. The zero-order valence-corrected chi connectivity index (χ0v) is 13.4. The van der Waals surface area contributed by atoms with Crippen LogP contribution in [-0.4, -0.2) is 24.7 Å². The van der Waals surface area contributed by atoms with Gasteiger partial charge in [-0.3, -0.25) is 0 Å². The lowest BCUT2D eigenvalue weighted by atomic mass is 10.1. The van der Waals surface area contributed by atoms with Gasteiger partial charge in [-0.25, -0.2) is 9.97 Å². The van der Waals surface area contributed by atoms with E-state index in [-0.39, 0.29) is 5.95 Å². The summed E-state index contributed by atoms with van der Waals surface area (Å²) in [5, 5.41) is 5.30. The number of nitrogen functional groups attached to an aromatic ring is 1. The van der Waals surface area contributed by atoms with Crippen molar-refractivity contribution in [3.8, 4) is 17.1 Å². The van der Waals surface area contributed by atoms with Gasteiger partial charge in [0.05, 0.1) is 27.0 Å². The average Bonchev–Trinajstić information content (AvgIpc) is 2.80. The number of rotatable bonds is 2. The summed E-state index contributed by atoms with van der Waals surface area (Å²) >= 11 is 12.4. The summed E-state index contributed by atoms with van der Waals surface area (Å²) in [6.07, 6.45) is 1.50. The second-order valence-electron chi connectivity index (χ2n) is 4.70. The number of hydrogen-bond acceptors (Lipinski definition) is 5. The Morgan fingerprint density at radius 1 is 1.05 bits per heavy atom. The van der Waals surface area contributed by atoms with Crippen molar-refractivity contribution in [1.29, 1.82) is 0 Å². The van der Waals surface area contributed by atoms with Crippen molar-refractivity contribution in [3.63, 3.8) is 0 Å². The van der Waals surface area contributed by atoms with Gasteiger partial charge in [-0.2, -0.15) is 9.67 Å². The Balaban J connectivity index is 2.21. The van der Waals surface area contributed by atoms with Gasteiger partial charge in [-0.15, -0.1) is 5.10 Å². The van der Waals surface area contributed by atoms with E-state index in [2.05, 4.69) is 20.1 Å². The highest BCUT2D eigenvalue weighted by molar-refractivity contribution is 6.37. The van der Waals surface area contributed by atoms with Crippen molar-refractivity contribution in [2.45, 2.75) is 13.8 Å². The van der Waals surface area contributed by atoms with Crippen LogP contribution in [0.5, 0.6) is 0 Å². The molecule has 0 saturated heterocycles. The van der Waals surface area contributed by atoms with E-state index in [4.69, 9.17) is 28.9 Å². The van der Waals surface area contributed by atoms with Crippen molar-refractivity contribution in [3.05, 3.63) is 46.0 Å². The molecule has 0 radical (unpaired) electrons. The number of aromatic nitrogens is 5. The quantitative estimate of drug-likeness (QED) is 0.777. The van der Waals surface area contributed by atoms with Crippen molar-refractivity contribution in [2.24, 2.45) is 0 Å². The first kappa shape index (κ1) is 14.7. The Morgan fingerprint density at radius 2 is 1.64 bits per heavy atom. The molecule has 0 aliphatic heterocycles. The molecule has 0 amide bonds. The molecule has 1 aromatic carbocycles. The maximum Gasteiger partial charge on any atom is 0.224 e. The van der Waals surface area contributed by atoms with Crippen LogP contribution in [0.25, 0.3) is 17.1 Å². The minimum Gasteiger partial charge on any atom is -0.368 e. The lowest BCUT2D eigenvalue weighted by molar-refractivity contribution is 0.891. The van der Waals surface area contributed by atoms with Crippen LogP contribution in [0, 0.1) is 13.8 Å². The van der Waals surface area contributed by atoms with Gasteiger partial charge in [-0.05, 0) is 26.0 Å². The molecule has 0 atom stereocenters. The van der Waals surface area contributed by atoms with Crippen LogP contribution in [0.1, 0.15) is 11.4 Å². The summed E-state index contributed by atoms with van der Waals surface area (Å²) < 4.78 is 1.42. The number of hydrogen-bond donors (Lipinski definition) is 1. The molecular formula is C14H12Cl2N6. The summed E-state index contributed by atoms with van der Waals surface area (Å²) in [4.78, 5) is 12.6. The van der Waals surface area contributed by atoms with E-state index in [9.17, 15) is 0 Å². The van der Waals surface area contributed by atoms with Crippen molar-refractivity contribution < 1.29 is 0 Å². The van der Waals surface area contributed by atoms with Crippen LogP contribution in [0.4, 0.5) is 5.95 Å². The number of benzene rings is 1. The molecule has 0 aliphatic rings. The standard InChI is InChI=1S/C14H12Cl2N6/c1-7-11(8(2)19-6-18-7)13-20-14(17)22(21-13)12-9(15)4-3-5-10(12)16/h3-6H,1-2H3,(H2,17,20,21). The number of halogens is 2. The molecule has 0 saturated carbocycles. The Morgan fingerprint density at radius 3 is 2.23 bits per heavy atom. The zero-order chi connectivity index (χ0) is 15.9. The fraction of sp³-hybridized carbons (Fsp3) is 0.143. The van der Waals surface area contributed by atoms with E-state index < -0.39 is 0 Å². The zero-order valence-electron chi connectivity index (χ0n) is 11.9. The Bertz CT molecular complexity index is 818. The number of anilines is 1. The monoisotopic (exact) mass is 334 g/mol. The van der Waals surface area contributed by atoms with E-state index in [1.54, 1.807) is 18.2 Å². The molecule has 0 aliphatic carbocycles. The average molecular weight is 335 g/mol. The van der Waals surface area contributed by atoms with Gasteiger partial charge in [0.15, 0.2) is 5.82 Å². The molecule has 8 heteroatoms. The maximum absolute atomic E-state index is 6.20. The minimum atomic E-state index is 0.188. The molecule has 3 rings (SSSR count). The SMILES string of the molecule is Cc1ncnc(C)c1-c1nc(N)n(-c2c(Cl)cccc2Cl)n1. The number of nitrogens with zero attached hydrogens (tertiary/aromatic N) is 5. The molecule has 112 valence electrons. The molecule has 2 aromatic heterocycles. The van der Waals surface area contributed by atoms with Crippen molar-refractivity contribution >= 4 is 29.2 Å². The van der Waals surface area contributed by atoms with Gasteiger partial charge >= 0.3 is 0 Å². The van der Waals surface area contributed by atoms with E-state index in [1.807, 2.05) is 13.8 Å². The highest BCUT2D eigenvalue weighted by Crippen LogP contribution is 2.31. The van der Waals surface area contributed by atoms with E-state index in [0.29, 0.717) is 21.6 Å². The predicted octanol–water partition coefficient (Wildman–Crippen LogP) is 3.23. The molecule has 0 spiro atoms. The van der Waals surface area contributed by atoms with Gasteiger partial charge in [-0.1, -0.05) is 29.3 Å². The van der Waals surface area contributed by atoms with Crippen LogP contribution in [0.2, 0.25) is 10.0 Å². The predicted molar refractivity (Wildman–Crippen MR) is 86.3 cm³/mol. The molecular weight excluding hydrogens is 323 g/mol. The third-order valence-electron chi connectivity index (χ3n) is 3.23. The molecule has 3 aromatic rings. The van der Waals surface area contributed by atoms with E-state index in [1.165, 1.54) is 11.0 Å². The second-order valence-corrected chi connectivity index (χ2v) is 5.51. The normalized spacial score (nSPS) is 10.9. The number of para-hydroxylation sites is 1. The first-order chi connectivity index (χ1) is 10.5. The fourth-order valence-corrected chi connectivity index (χ4v) is 2.76. The third kappa shape index (κ3) is 2.40. The smallest absolute Gasteiger partial charge is 0.224 e. The van der Waals surface area contributed by atoms with Crippen LogP contribution in [-0.2, 0) is 0 Å². The molecule has 2 heterocycles. The van der Waals surface area contributed by atoms with Crippen molar-refractivity contribution in [2.75, 3.05) is 5.73 Å². The Kier molecular flexibility index (Phi) is 3.72. The van der Waals surface area contributed by atoms with Crippen LogP contribution in [0.3, 0.4) is 0 Å². The van der Waals surface area contributed by atoms with Gasteiger partial charge in [0.2, 0.25) is 5.95 Å². The first-order valence-electron chi connectivity index (χ1n) is 6.44. The highest BCUT2D eigenvalue weighted by atomic mass is 35.5. The molecule has 0 unspecified atom stereocenters. The maximum atomic E-state index is 6.20. The Labute approximate surface area is 136 Å². The molecule has 0 fully saturated rings. The number of nitrogens with two attached hydrogens (primary N) is 1. The van der Waals surface area contributed by atoms with E-state index in [0.717, 1.165) is 17.0 Å². The summed E-state index contributed by atoms with van der Waals surface area (Å²) in [6.45, 7) is 3.73. The molecule has 0 bridgehead atoms. The topological polar surface area (TPSA) is 82.5 Å². The highest BCUT2D eigenvalue weighted by Gasteiger charge is 2.18. The largest absolute Gasteiger partial charge is 0.368 e. The Hall–Kier alpha value is -2.18. The van der Waals surface area contributed by atoms with Gasteiger partial charge < -0.3 is 5.73 Å². The fourth-order valence-electron chi connectivity index (χ4n) is 2.20. The van der Waals surface area contributed by atoms with Crippen LogP contribution >= 0.6 is 23.2 Å². The second kappa shape index (κ2) is 5.55. The molecule has 2 N–H and O–H groups in total. The van der Waals surface area contributed by atoms with Gasteiger partial charge in [0.1, 0.15) is 12.0 Å². The first-order valence-corrected chi connectivity index (χ1v) is 7.20. The lowest BCUT2D eigenvalue weighted by Crippen LogP contribution is -2.04. The van der Waals surface area contributed by atoms with Gasteiger partial charge in [0, 0.05) is 0 Å². The molecule has 22 heavy (non-hydrogen) atoms. The lowest BCUT2D eigenvalue weighted by Gasteiger charge is -2.07. The summed E-state index contributed by atoms with van der Waals surface area (Å²) in [6, 6.07) is 5.18. The van der Waals surface area contributed by atoms with Gasteiger partial charge in [0.25, 0.3) is 0 Å². The summed E-state index contributed by atoms with van der Waals surface area (Å²) in [5.74, 6) is 0.622. The van der Waals surface area contributed by atoms with E-state index >= 15 is 0 Å². The number of aryl methyl sites for hydroxylation is 2. The van der Waals surface area contributed by atoms with Crippen LogP contribution in [0.15, 0.2) is 24.5 Å². The van der Waals surface area contributed by atoms with Crippen molar-refractivity contribution in [1.82, 2.24) is 24.7 Å². The van der Waals surface area contributed by atoms with Crippen LogP contribution < -0.4 is 5.73 Å². The summed E-state index contributed by atoms with van der Waals surface area (Å²) in [5.41, 5.74) is 8.77.